The fraction of sp³-hybridized carbons (Fsp3) is 0.296. The molecule has 2 amide bonds. The molecule has 0 bridgehead atoms. The van der Waals surface area contributed by atoms with Gasteiger partial charge in [-0.2, -0.15) is 0 Å². The van der Waals surface area contributed by atoms with Gasteiger partial charge in [0.15, 0.2) is 5.69 Å². The molecule has 182 valence electrons. The number of piperazine rings is 1. The summed E-state index contributed by atoms with van der Waals surface area (Å²) in [6.07, 6.45) is 7.38. The van der Waals surface area contributed by atoms with E-state index in [4.69, 9.17) is 4.98 Å². The van der Waals surface area contributed by atoms with Crippen LogP contribution in [0.2, 0.25) is 0 Å². The fourth-order valence-corrected chi connectivity index (χ4v) is 5.19. The summed E-state index contributed by atoms with van der Waals surface area (Å²) in [5.41, 5.74) is 1.92. The van der Waals surface area contributed by atoms with Gasteiger partial charge in [-0.3, -0.25) is 9.59 Å². The highest BCUT2D eigenvalue weighted by Gasteiger charge is 2.34. The van der Waals surface area contributed by atoms with Gasteiger partial charge in [0.05, 0.1) is 11.6 Å². The number of carbonyl (C=O) groups excluding carboxylic acids is 2. The first-order valence-corrected chi connectivity index (χ1v) is 12.3. The number of aromatic nitrogens is 4. The van der Waals surface area contributed by atoms with Gasteiger partial charge in [0.25, 0.3) is 11.8 Å². The second kappa shape index (κ2) is 9.41. The van der Waals surface area contributed by atoms with Crippen LogP contribution in [0.3, 0.4) is 0 Å². The van der Waals surface area contributed by atoms with E-state index in [0.717, 1.165) is 30.7 Å². The van der Waals surface area contributed by atoms with Gasteiger partial charge in [-0.05, 0) is 43.2 Å². The predicted molar refractivity (Wildman–Crippen MR) is 135 cm³/mol. The largest absolute Gasteiger partial charge is 0.335 e. The molecule has 0 saturated carbocycles. The van der Waals surface area contributed by atoms with Crippen LogP contribution in [0.4, 0.5) is 5.95 Å². The molecule has 6 rings (SSSR count). The zero-order valence-electron chi connectivity index (χ0n) is 19.9. The van der Waals surface area contributed by atoms with Gasteiger partial charge < -0.3 is 19.1 Å². The Balaban J connectivity index is 1.24. The first-order valence-electron chi connectivity index (χ1n) is 12.3. The third kappa shape index (κ3) is 3.96. The lowest BCUT2D eigenvalue weighted by atomic mass is 10.2. The van der Waals surface area contributed by atoms with E-state index < -0.39 is 0 Å². The molecule has 1 aromatic carbocycles. The van der Waals surface area contributed by atoms with Gasteiger partial charge in [-0.15, -0.1) is 0 Å². The molecular weight excluding hydrogens is 454 g/mol. The number of anilines is 1. The topological polar surface area (TPSA) is 86.9 Å². The molecule has 1 unspecified atom stereocenters. The maximum Gasteiger partial charge on any atom is 0.274 e. The molecule has 0 N–H and O–H groups in total. The van der Waals surface area contributed by atoms with Crippen molar-refractivity contribution in [3.05, 3.63) is 90.3 Å². The first kappa shape index (κ1) is 22.2. The monoisotopic (exact) mass is 481 g/mol. The number of pyridine rings is 1. The predicted octanol–water partition coefficient (Wildman–Crippen LogP) is 3.06. The fourth-order valence-electron chi connectivity index (χ4n) is 5.19. The van der Waals surface area contributed by atoms with Crippen LogP contribution in [0.25, 0.3) is 5.52 Å². The molecule has 36 heavy (non-hydrogen) atoms. The normalized spacial score (nSPS) is 18.1. The summed E-state index contributed by atoms with van der Waals surface area (Å²) >= 11 is 0. The second-order valence-electron chi connectivity index (χ2n) is 9.13. The number of benzene rings is 1. The van der Waals surface area contributed by atoms with E-state index in [0.29, 0.717) is 43.4 Å². The van der Waals surface area contributed by atoms with Gasteiger partial charge in [0.2, 0.25) is 5.95 Å². The van der Waals surface area contributed by atoms with Crippen LogP contribution in [0, 0.1) is 0 Å². The summed E-state index contributed by atoms with van der Waals surface area (Å²) in [6.45, 7) is 2.80. The van der Waals surface area contributed by atoms with Crippen molar-refractivity contribution in [2.24, 2.45) is 0 Å². The van der Waals surface area contributed by atoms with Gasteiger partial charge in [0, 0.05) is 56.9 Å². The Hall–Kier alpha value is -4.27. The van der Waals surface area contributed by atoms with Crippen molar-refractivity contribution in [2.45, 2.75) is 18.9 Å². The molecule has 2 aliphatic rings. The number of fused-ring (bicyclic) bond motifs is 1. The molecule has 2 saturated heterocycles. The van der Waals surface area contributed by atoms with Crippen molar-refractivity contribution in [3.8, 4) is 0 Å². The second-order valence-corrected chi connectivity index (χ2v) is 9.13. The molecule has 0 aliphatic carbocycles. The summed E-state index contributed by atoms with van der Waals surface area (Å²) < 4.78 is 2.02. The number of carbonyl (C=O) groups is 2. The average Bonchev–Trinajstić information content (AvgIpc) is 3.58. The van der Waals surface area contributed by atoms with Crippen LogP contribution in [-0.2, 0) is 0 Å². The molecule has 2 aliphatic heterocycles. The van der Waals surface area contributed by atoms with E-state index in [9.17, 15) is 9.59 Å². The van der Waals surface area contributed by atoms with Gasteiger partial charge in [-0.25, -0.2) is 15.0 Å². The molecule has 2 fully saturated rings. The summed E-state index contributed by atoms with van der Waals surface area (Å²) in [5, 5.41) is 0. The maximum atomic E-state index is 13.6. The van der Waals surface area contributed by atoms with Crippen molar-refractivity contribution < 1.29 is 9.59 Å². The SMILES string of the molecule is O=C(c1ccccc1)N1CCN(C(=O)c2nc(C3CCCN3c3ncccn3)n3ccccc23)CC1. The van der Waals surface area contributed by atoms with E-state index >= 15 is 0 Å². The lowest BCUT2D eigenvalue weighted by Crippen LogP contribution is -2.50. The zero-order valence-corrected chi connectivity index (χ0v) is 19.9. The van der Waals surface area contributed by atoms with Crippen molar-refractivity contribution >= 4 is 23.3 Å². The third-order valence-corrected chi connectivity index (χ3v) is 7.01. The number of imidazole rings is 1. The Kier molecular flexibility index (Phi) is 5.80. The summed E-state index contributed by atoms with van der Waals surface area (Å²) in [7, 11) is 0. The first-order chi connectivity index (χ1) is 17.7. The molecule has 1 atom stereocenters. The van der Waals surface area contributed by atoms with Crippen LogP contribution in [0.15, 0.2) is 73.2 Å². The Morgan fingerprint density at radius 3 is 2.22 bits per heavy atom. The van der Waals surface area contributed by atoms with Crippen LogP contribution in [0.1, 0.15) is 45.6 Å². The van der Waals surface area contributed by atoms with E-state index in [2.05, 4.69) is 14.9 Å². The summed E-state index contributed by atoms with van der Waals surface area (Å²) in [6, 6.07) is 16.9. The smallest absolute Gasteiger partial charge is 0.274 e. The van der Waals surface area contributed by atoms with Crippen LogP contribution >= 0.6 is 0 Å². The minimum atomic E-state index is -0.0998. The third-order valence-electron chi connectivity index (χ3n) is 7.01. The number of amides is 2. The summed E-state index contributed by atoms with van der Waals surface area (Å²) in [5.74, 6) is 1.41. The lowest BCUT2D eigenvalue weighted by molar-refractivity contribution is 0.0533. The highest BCUT2D eigenvalue weighted by molar-refractivity contribution is 5.99. The molecule has 9 heteroatoms. The highest BCUT2D eigenvalue weighted by atomic mass is 16.2. The number of hydrogen-bond acceptors (Lipinski definition) is 6. The number of nitrogens with zero attached hydrogens (tertiary/aromatic N) is 7. The standard InChI is InChI=1S/C27H27N7O2/c35-25(20-8-2-1-3-9-20)31-16-18-32(19-17-31)26(36)23-21-10-4-5-14-33(21)24(30-23)22-11-6-15-34(22)27-28-12-7-13-29-27/h1-5,7-10,12-14,22H,6,11,15-19H2. The highest BCUT2D eigenvalue weighted by Crippen LogP contribution is 2.35. The van der Waals surface area contributed by atoms with Gasteiger partial charge >= 0.3 is 0 Å². The van der Waals surface area contributed by atoms with Crippen molar-refractivity contribution in [1.82, 2.24) is 29.2 Å². The Labute approximate surface area is 209 Å². The quantitative estimate of drug-likeness (QED) is 0.445. The zero-order chi connectivity index (χ0) is 24.5. The summed E-state index contributed by atoms with van der Waals surface area (Å²) in [4.78, 5) is 46.1. The Morgan fingerprint density at radius 1 is 0.778 bits per heavy atom. The Morgan fingerprint density at radius 2 is 1.47 bits per heavy atom. The molecule has 9 nitrogen and oxygen atoms in total. The molecule has 0 spiro atoms. The maximum absolute atomic E-state index is 13.6. The minimum absolute atomic E-state index is 0.00174. The van der Waals surface area contributed by atoms with Crippen molar-refractivity contribution in [1.29, 1.82) is 0 Å². The van der Waals surface area contributed by atoms with Crippen LogP contribution in [-0.4, -0.2) is 73.7 Å². The average molecular weight is 482 g/mol. The molecule has 0 radical (unpaired) electrons. The van der Waals surface area contributed by atoms with Gasteiger partial charge in [0.1, 0.15) is 5.82 Å². The van der Waals surface area contributed by atoms with E-state index in [-0.39, 0.29) is 17.9 Å². The number of rotatable bonds is 4. The molecule has 3 aromatic heterocycles. The van der Waals surface area contributed by atoms with E-state index in [1.54, 1.807) is 17.3 Å². The van der Waals surface area contributed by atoms with E-state index in [1.807, 2.05) is 70.1 Å². The van der Waals surface area contributed by atoms with Crippen LogP contribution in [0.5, 0.6) is 0 Å². The Bertz CT molecular complexity index is 1380. The molecule has 5 heterocycles. The van der Waals surface area contributed by atoms with Crippen molar-refractivity contribution in [3.63, 3.8) is 0 Å². The lowest BCUT2D eigenvalue weighted by Gasteiger charge is -2.34. The number of hydrogen-bond donors (Lipinski definition) is 0. The molecule has 4 aromatic rings. The van der Waals surface area contributed by atoms with Crippen molar-refractivity contribution in [2.75, 3.05) is 37.6 Å². The van der Waals surface area contributed by atoms with Gasteiger partial charge in [-0.1, -0.05) is 24.3 Å². The minimum Gasteiger partial charge on any atom is -0.335 e. The van der Waals surface area contributed by atoms with Crippen LogP contribution < -0.4 is 4.90 Å². The molecular formula is C27H27N7O2. The van der Waals surface area contributed by atoms with E-state index in [1.165, 1.54) is 0 Å².